The molecule has 0 spiro atoms. The topological polar surface area (TPSA) is 97.1 Å². The molecule has 4 aromatic rings. The van der Waals surface area contributed by atoms with E-state index in [0.29, 0.717) is 49.2 Å². The Hall–Kier alpha value is -3.24. The van der Waals surface area contributed by atoms with Gasteiger partial charge in [-0.25, -0.2) is 9.97 Å². The predicted octanol–water partition coefficient (Wildman–Crippen LogP) is 1.96. The third-order valence-electron chi connectivity index (χ3n) is 4.92. The van der Waals surface area contributed by atoms with Gasteiger partial charge in [0, 0.05) is 50.4 Å². The van der Waals surface area contributed by atoms with Crippen molar-refractivity contribution in [3.05, 3.63) is 64.2 Å². The van der Waals surface area contributed by atoms with Crippen LogP contribution >= 0.6 is 11.3 Å². The van der Waals surface area contributed by atoms with Crippen LogP contribution in [0.3, 0.4) is 0 Å². The van der Waals surface area contributed by atoms with Gasteiger partial charge in [0.05, 0.1) is 12.0 Å². The molecule has 5 rings (SSSR count). The number of hydrogen-bond acceptors (Lipinski definition) is 8. The monoisotopic (exact) mass is 411 g/mol. The molecule has 0 aromatic carbocycles. The molecule has 29 heavy (non-hydrogen) atoms. The van der Waals surface area contributed by atoms with Crippen molar-refractivity contribution < 1.29 is 13.6 Å². The number of furan rings is 1. The van der Waals surface area contributed by atoms with Crippen molar-refractivity contribution in [2.45, 2.75) is 6.54 Å². The number of oxazole rings is 1. The Morgan fingerprint density at radius 1 is 1.21 bits per heavy atom. The normalized spacial score (nSPS) is 15.2. The summed E-state index contributed by atoms with van der Waals surface area (Å²) in [5, 5.41) is 1.85. The second-order valence-corrected chi connectivity index (χ2v) is 7.59. The molecular weight excluding hydrogens is 394 g/mol. The third-order valence-corrected chi connectivity index (χ3v) is 5.67. The SMILES string of the molecule is O=C(c1ncoc1-c1ccco1)N1CCN(Cc2cc(=O)n3ccsc3n2)CC1. The van der Waals surface area contributed by atoms with Crippen LogP contribution in [-0.4, -0.2) is 56.3 Å². The number of aromatic nitrogens is 3. The average Bonchev–Trinajstić information content (AvgIpc) is 3.48. The van der Waals surface area contributed by atoms with Gasteiger partial charge in [0.2, 0.25) is 5.76 Å². The van der Waals surface area contributed by atoms with Gasteiger partial charge in [0.15, 0.2) is 22.8 Å². The number of amides is 1. The highest BCUT2D eigenvalue weighted by Crippen LogP contribution is 2.25. The van der Waals surface area contributed by atoms with E-state index in [1.807, 2.05) is 5.38 Å². The molecule has 0 aliphatic carbocycles. The molecule has 1 fully saturated rings. The van der Waals surface area contributed by atoms with Crippen LogP contribution in [0.1, 0.15) is 16.2 Å². The van der Waals surface area contributed by atoms with Gasteiger partial charge in [-0.15, -0.1) is 11.3 Å². The number of nitrogens with zero attached hydrogens (tertiary/aromatic N) is 5. The van der Waals surface area contributed by atoms with Crippen LogP contribution in [0.25, 0.3) is 16.5 Å². The van der Waals surface area contributed by atoms with Crippen molar-refractivity contribution in [3.8, 4) is 11.5 Å². The zero-order valence-corrected chi connectivity index (χ0v) is 16.2. The van der Waals surface area contributed by atoms with Crippen LogP contribution in [0.5, 0.6) is 0 Å². The quantitative estimate of drug-likeness (QED) is 0.506. The van der Waals surface area contributed by atoms with Crippen molar-refractivity contribution >= 4 is 22.2 Å². The van der Waals surface area contributed by atoms with Crippen LogP contribution < -0.4 is 5.56 Å². The maximum absolute atomic E-state index is 12.9. The molecule has 148 valence electrons. The van der Waals surface area contributed by atoms with E-state index in [-0.39, 0.29) is 17.2 Å². The third kappa shape index (κ3) is 3.36. The second-order valence-electron chi connectivity index (χ2n) is 6.72. The van der Waals surface area contributed by atoms with Gasteiger partial charge in [-0.3, -0.25) is 18.9 Å². The molecule has 1 amide bonds. The molecule has 0 bridgehead atoms. The Morgan fingerprint density at radius 3 is 2.86 bits per heavy atom. The second kappa shape index (κ2) is 7.30. The molecule has 9 nitrogen and oxygen atoms in total. The van der Waals surface area contributed by atoms with E-state index >= 15 is 0 Å². The van der Waals surface area contributed by atoms with E-state index in [2.05, 4.69) is 14.9 Å². The van der Waals surface area contributed by atoms with Crippen molar-refractivity contribution in [1.82, 2.24) is 24.2 Å². The minimum atomic E-state index is -0.179. The maximum atomic E-state index is 12.9. The zero-order valence-electron chi connectivity index (χ0n) is 15.4. The molecule has 0 atom stereocenters. The van der Waals surface area contributed by atoms with Gasteiger partial charge >= 0.3 is 0 Å². The lowest BCUT2D eigenvalue weighted by molar-refractivity contribution is 0.0622. The van der Waals surface area contributed by atoms with E-state index in [1.165, 1.54) is 24.0 Å². The van der Waals surface area contributed by atoms with Gasteiger partial charge in [-0.1, -0.05) is 0 Å². The number of carbonyl (C=O) groups excluding carboxylic acids is 1. The Morgan fingerprint density at radius 2 is 2.07 bits per heavy atom. The predicted molar refractivity (Wildman–Crippen MR) is 105 cm³/mol. The molecule has 5 heterocycles. The van der Waals surface area contributed by atoms with Crippen molar-refractivity contribution in [2.24, 2.45) is 0 Å². The molecule has 1 saturated heterocycles. The first-order valence-corrected chi connectivity index (χ1v) is 10.0. The summed E-state index contributed by atoms with van der Waals surface area (Å²) in [5.41, 5.74) is 0.927. The van der Waals surface area contributed by atoms with Gasteiger partial charge in [0.1, 0.15) is 0 Å². The minimum Gasteiger partial charge on any atom is -0.461 e. The highest BCUT2D eigenvalue weighted by atomic mass is 32.1. The highest BCUT2D eigenvalue weighted by molar-refractivity contribution is 7.15. The zero-order chi connectivity index (χ0) is 19.8. The summed E-state index contributed by atoms with van der Waals surface area (Å²) in [6.45, 7) is 3.07. The van der Waals surface area contributed by atoms with Crippen molar-refractivity contribution in [3.63, 3.8) is 0 Å². The van der Waals surface area contributed by atoms with Gasteiger partial charge < -0.3 is 13.7 Å². The summed E-state index contributed by atoms with van der Waals surface area (Å²) >= 11 is 1.44. The number of carbonyl (C=O) groups is 1. The van der Waals surface area contributed by atoms with E-state index in [9.17, 15) is 9.59 Å². The highest BCUT2D eigenvalue weighted by Gasteiger charge is 2.28. The molecular formula is C19H17N5O4S. The molecule has 1 aliphatic rings. The van der Waals surface area contributed by atoms with E-state index in [1.54, 1.807) is 33.7 Å². The number of hydrogen-bond donors (Lipinski definition) is 0. The van der Waals surface area contributed by atoms with Crippen LogP contribution in [0.4, 0.5) is 0 Å². The fourth-order valence-electron chi connectivity index (χ4n) is 3.44. The van der Waals surface area contributed by atoms with E-state index in [4.69, 9.17) is 8.83 Å². The summed E-state index contributed by atoms with van der Waals surface area (Å²) in [4.78, 5) is 38.3. The average molecular weight is 411 g/mol. The molecule has 10 heteroatoms. The molecule has 0 N–H and O–H groups in total. The Balaban J connectivity index is 1.25. The van der Waals surface area contributed by atoms with Gasteiger partial charge in [-0.05, 0) is 12.1 Å². The smallest absolute Gasteiger partial charge is 0.276 e. The summed E-state index contributed by atoms with van der Waals surface area (Å²) < 4.78 is 12.2. The van der Waals surface area contributed by atoms with Crippen molar-refractivity contribution in [2.75, 3.05) is 26.2 Å². The first-order valence-electron chi connectivity index (χ1n) is 9.14. The van der Waals surface area contributed by atoms with Gasteiger partial charge in [-0.2, -0.15) is 0 Å². The van der Waals surface area contributed by atoms with Crippen LogP contribution in [-0.2, 0) is 6.54 Å². The standard InChI is InChI=1S/C19H17N5O4S/c25-15-10-13(21-19-24(15)7-9-29-19)11-22-3-5-23(6-4-22)18(26)16-17(28-12-20-16)14-2-1-8-27-14/h1-2,7-10,12H,3-6,11H2. The number of piperazine rings is 1. The summed E-state index contributed by atoms with van der Waals surface area (Å²) in [7, 11) is 0. The summed E-state index contributed by atoms with van der Waals surface area (Å²) in [6.07, 6.45) is 4.51. The Labute approximate surface area is 168 Å². The molecule has 0 saturated carbocycles. The van der Waals surface area contributed by atoms with E-state index in [0.717, 1.165) is 5.69 Å². The number of rotatable bonds is 4. The lowest BCUT2D eigenvalue weighted by atomic mass is 10.2. The molecule has 1 aliphatic heterocycles. The Bertz CT molecular complexity index is 1200. The number of thiazole rings is 1. The van der Waals surface area contributed by atoms with Crippen LogP contribution in [0.15, 0.2) is 56.1 Å². The molecule has 0 radical (unpaired) electrons. The first-order chi connectivity index (χ1) is 14.2. The Kier molecular flexibility index (Phi) is 4.49. The lowest BCUT2D eigenvalue weighted by Gasteiger charge is -2.34. The van der Waals surface area contributed by atoms with Crippen molar-refractivity contribution in [1.29, 1.82) is 0 Å². The number of fused-ring (bicyclic) bond motifs is 1. The summed E-state index contributed by atoms with van der Waals surface area (Å²) in [5.74, 6) is 0.642. The maximum Gasteiger partial charge on any atom is 0.276 e. The first kappa shape index (κ1) is 17.8. The molecule has 4 aromatic heterocycles. The van der Waals surface area contributed by atoms with E-state index < -0.39 is 0 Å². The molecule has 0 unspecified atom stereocenters. The van der Waals surface area contributed by atoms with Crippen LogP contribution in [0, 0.1) is 0 Å². The largest absolute Gasteiger partial charge is 0.461 e. The van der Waals surface area contributed by atoms with Gasteiger partial charge in [0.25, 0.3) is 11.5 Å². The summed E-state index contributed by atoms with van der Waals surface area (Å²) in [6, 6.07) is 5.04. The fourth-order valence-corrected chi connectivity index (χ4v) is 4.18. The fraction of sp³-hybridized carbons (Fsp3) is 0.263. The minimum absolute atomic E-state index is 0.0726. The lowest BCUT2D eigenvalue weighted by Crippen LogP contribution is -2.48. The van der Waals surface area contributed by atoms with Crippen LogP contribution in [0.2, 0.25) is 0 Å².